The van der Waals surface area contributed by atoms with E-state index in [4.69, 9.17) is 13.8 Å². The lowest BCUT2D eigenvalue weighted by molar-refractivity contribution is 0.417. The Balaban J connectivity index is 3.12. The molecule has 0 aliphatic carbocycles. The zero-order valence-corrected chi connectivity index (χ0v) is 3.59. The molecule has 1 aromatic heterocycles. The quantitative estimate of drug-likeness (QED) is 0.474. The van der Waals surface area contributed by atoms with Crippen LogP contribution in [-0.2, 0) is 0 Å². The number of aromatic nitrogens is 1. The monoisotopic (exact) mass is 93.0 g/mol. The second kappa shape index (κ2) is 1.37. The molecule has 0 spiro atoms. The largest absolute Gasteiger partial charge is 0.364 e. The van der Waals surface area contributed by atoms with Gasteiger partial charge in [-0.25, -0.2) is 0 Å². The normalized spacial score (nSPS) is 9.43. The Bertz CT molecular complexity index is 140. The fraction of sp³-hybridized carbons (Fsp3) is 0. The zero-order valence-electron chi connectivity index (χ0n) is 3.59. The molecule has 0 unspecified atom stereocenters. The highest BCUT2D eigenvalue weighted by molar-refractivity contribution is 5.19. The van der Waals surface area contributed by atoms with Crippen LogP contribution >= 0.6 is 0 Å². The molecule has 1 aromatic rings. The van der Waals surface area contributed by atoms with Crippen LogP contribution < -0.4 is 0 Å². The second-order valence-electron chi connectivity index (χ2n) is 1.16. The van der Waals surface area contributed by atoms with Crippen molar-refractivity contribution in [2.24, 2.45) is 0 Å². The van der Waals surface area contributed by atoms with Gasteiger partial charge in [-0.05, 0) is 0 Å². The summed E-state index contributed by atoms with van der Waals surface area (Å²) >= 11 is 0. The Morgan fingerprint density at radius 2 is 2.29 bits per heavy atom. The summed E-state index contributed by atoms with van der Waals surface area (Å²) in [6.45, 7) is 10.3. The predicted molar refractivity (Wildman–Crippen MR) is 23.3 cm³/mol. The standard InChI is InChI=1S/C5H3NO/c1-4-3-7-6-5(4)2/h1-3H. The van der Waals surface area contributed by atoms with Crippen LogP contribution in [0.25, 0.3) is 0 Å². The van der Waals surface area contributed by atoms with Gasteiger partial charge in [0.05, 0.1) is 5.69 Å². The number of rotatable bonds is 0. The Kier molecular flexibility index (Phi) is 0.855. The van der Waals surface area contributed by atoms with Crippen molar-refractivity contribution in [3.8, 4) is 0 Å². The SMILES string of the molecule is [CH]c1conc1[CH]. The third kappa shape index (κ3) is 0.633. The highest BCUT2D eigenvalue weighted by atomic mass is 16.5. The fourth-order valence-electron chi connectivity index (χ4n) is 0.253. The van der Waals surface area contributed by atoms with Crippen molar-refractivity contribution in [3.63, 3.8) is 0 Å². The lowest BCUT2D eigenvalue weighted by Gasteiger charge is -1.72. The minimum Gasteiger partial charge on any atom is -0.364 e. The van der Waals surface area contributed by atoms with Crippen LogP contribution in [0.2, 0.25) is 0 Å². The average molecular weight is 93.1 g/mol. The Labute approximate surface area is 42.1 Å². The van der Waals surface area contributed by atoms with E-state index in [2.05, 4.69) is 9.68 Å². The molecule has 1 rings (SSSR count). The van der Waals surface area contributed by atoms with Gasteiger partial charge in [0.1, 0.15) is 6.26 Å². The molecule has 0 saturated heterocycles. The van der Waals surface area contributed by atoms with Crippen molar-refractivity contribution in [2.75, 3.05) is 0 Å². The van der Waals surface area contributed by atoms with E-state index >= 15 is 0 Å². The van der Waals surface area contributed by atoms with E-state index in [1.807, 2.05) is 0 Å². The van der Waals surface area contributed by atoms with Crippen molar-refractivity contribution in [2.45, 2.75) is 0 Å². The van der Waals surface area contributed by atoms with Crippen LogP contribution in [0.3, 0.4) is 0 Å². The molecule has 2 nitrogen and oxygen atoms in total. The molecule has 34 valence electrons. The van der Waals surface area contributed by atoms with Gasteiger partial charge in [0.25, 0.3) is 0 Å². The lowest BCUT2D eigenvalue weighted by Crippen LogP contribution is -1.69. The van der Waals surface area contributed by atoms with Crippen LogP contribution in [-0.4, -0.2) is 5.16 Å². The lowest BCUT2D eigenvalue weighted by atomic mass is 10.3. The van der Waals surface area contributed by atoms with Crippen LogP contribution in [0.15, 0.2) is 10.8 Å². The summed E-state index contributed by atoms with van der Waals surface area (Å²) in [4.78, 5) is 0. The third-order valence-electron chi connectivity index (χ3n) is 0.626. The van der Waals surface area contributed by atoms with Crippen LogP contribution in [0.5, 0.6) is 0 Å². The fourth-order valence-corrected chi connectivity index (χ4v) is 0.253. The van der Waals surface area contributed by atoms with E-state index in [0.717, 1.165) is 0 Å². The first-order valence-corrected chi connectivity index (χ1v) is 1.76. The van der Waals surface area contributed by atoms with E-state index in [-0.39, 0.29) is 5.69 Å². The molecule has 2 heteroatoms. The van der Waals surface area contributed by atoms with Crippen LogP contribution in [0.4, 0.5) is 0 Å². The minimum absolute atomic E-state index is 0.250. The van der Waals surface area contributed by atoms with Gasteiger partial charge in [0, 0.05) is 19.4 Å². The first kappa shape index (κ1) is 4.37. The molecule has 1 heterocycles. The molecular formula is C5H3NO. The highest BCUT2D eigenvalue weighted by Crippen LogP contribution is 1.99. The number of hydrogen-bond acceptors (Lipinski definition) is 2. The van der Waals surface area contributed by atoms with Crippen LogP contribution in [0, 0.1) is 13.8 Å². The molecule has 7 heavy (non-hydrogen) atoms. The average Bonchev–Trinajstić information content (AvgIpc) is 1.91. The molecule has 0 aliphatic rings. The summed E-state index contributed by atoms with van der Waals surface area (Å²) in [6.07, 6.45) is 1.29. The molecule has 0 aromatic carbocycles. The molecule has 0 bridgehead atoms. The smallest absolute Gasteiger partial charge is 0.127 e. The molecule has 4 radical (unpaired) electrons. The molecule has 0 amide bonds. The van der Waals surface area contributed by atoms with Crippen molar-refractivity contribution in [1.82, 2.24) is 5.16 Å². The van der Waals surface area contributed by atoms with E-state index < -0.39 is 0 Å². The second-order valence-corrected chi connectivity index (χ2v) is 1.16. The van der Waals surface area contributed by atoms with Gasteiger partial charge in [0.15, 0.2) is 0 Å². The van der Waals surface area contributed by atoms with Crippen molar-refractivity contribution < 1.29 is 4.52 Å². The highest BCUT2D eigenvalue weighted by Gasteiger charge is 1.92. The summed E-state index contributed by atoms with van der Waals surface area (Å²) in [6, 6.07) is 0. The summed E-state index contributed by atoms with van der Waals surface area (Å²) in [5.74, 6) is 0. The number of hydrogen-bond donors (Lipinski definition) is 0. The molecule has 0 N–H and O–H groups in total. The minimum atomic E-state index is 0.250. The van der Waals surface area contributed by atoms with E-state index in [0.29, 0.717) is 5.56 Å². The molecule has 0 fully saturated rings. The maximum atomic E-state index is 5.16. The van der Waals surface area contributed by atoms with Crippen LogP contribution in [0.1, 0.15) is 11.3 Å². The predicted octanol–water partition coefficient (Wildman–Crippen LogP) is 0.793. The van der Waals surface area contributed by atoms with Crippen molar-refractivity contribution in [3.05, 3.63) is 31.4 Å². The van der Waals surface area contributed by atoms with Gasteiger partial charge in [-0.2, -0.15) is 0 Å². The summed E-state index contributed by atoms with van der Waals surface area (Å²) < 4.78 is 4.34. The van der Waals surface area contributed by atoms with Gasteiger partial charge >= 0.3 is 0 Å². The zero-order chi connectivity index (χ0) is 5.28. The van der Waals surface area contributed by atoms with Crippen molar-refractivity contribution >= 4 is 0 Å². The first-order valence-electron chi connectivity index (χ1n) is 1.76. The topological polar surface area (TPSA) is 26.0 Å². The van der Waals surface area contributed by atoms with E-state index in [1.54, 1.807) is 0 Å². The Morgan fingerprint density at radius 1 is 1.57 bits per heavy atom. The summed E-state index contributed by atoms with van der Waals surface area (Å²) in [7, 11) is 0. The van der Waals surface area contributed by atoms with E-state index in [9.17, 15) is 0 Å². The Morgan fingerprint density at radius 3 is 2.43 bits per heavy atom. The van der Waals surface area contributed by atoms with Gasteiger partial charge in [-0.15, -0.1) is 0 Å². The number of nitrogens with zero attached hydrogens (tertiary/aromatic N) is 1. The van der Waals surface area contributed by atoms with Gasteiger partial charge in [-0.1, -0.05) is 5.16 Å². The van der Waals surface area contributed by atoms with Gasteiger partial charge in [-0.3, -0.25) is 0 Å². The molecule has 0 saturated carbocycles. The van der Waals surface area contributed by atoms with E-state index in [1.165, 1.54) is 6.26 Å². The first-order chi connectivity index (χ1) is 3.30. The molecule has 0 aliphatic heterocycles. The van der Waals surface area contributed by atoms with Gasteiger partial charge < -0.3 is 4.52 Å². The van der Waals surface area contributed by atoms with Gasteiger partial charge in [0.2, 0.25) is 0 Å². The maximum Gasteiger partial charge on any atom is 0.127 e. The summed E-state index contributed by atoms with van der Waals surface area (Å²) in [5.41, 5.74) is 0.639. The summed E-state index contributed by atoms with van der Waals surface area (Å²) in [5, 5.41) is 3.29. The third-order valence-corrected chi connectivity index (χ3v) is 0.626. The Hall–Kier alpha value is -0.790. The molecule has 0 atom stereocenters. The van der Waals surface area contributed by atoms with Crippen molar-refractivity contribution in [1.29, 1.82) is 0 Å². The maximum absolute atomic E-state index is 5.16. The molecular weight excluding hydrogens is 90.1 g/mol.